The third-order valence-electron chi connectivity index (χ3n) is 2.64. The molecular formula is C12H24N2O4. The van der Waals surface area contributed by atoms with E-state index < -0.39 is 11.5 Å². The summed E-state index contributed by atoms with van der Waals surface area (Å²) in [5, 5.41) is 11.6. The van der Waals surface area contributed by atoms with Crippen molar-refractivity contribution in [2.24, 2.45) is 0 Å². The highest BCUT2D eigenvalue weighted by Crippen LogP contribution is 2.08. The minimum atomic E-state index is -1.02. The molecule has 6 heteroatoms. The van der Waals surface area contributed by atoms with Gasteiger partial charge in [0, 0.05) is 13.2 Å². The van der Waals surface area contributed by atoms with Gasteiger partial charge in [0.05, 0.1) is 12.1 Å². The average molecular weight is 260 g/mol. The lowest BCUT2D eigenvalue weighted by Crippen LogP contribution is -2.55. The zero-order valence-electron chi connectivity index (χ0n) is 11.8. The molecule has 1 atom stereocenters. The van der Waals surface area contributed by atoms with Gasteiger partial charge in [-0.3, -0.25) is 4.79 Å². The second kappa shape index (κ2) is 7.20. The third kappa shape index (κ3) is 5.86. The van der Waals surface area contributed by atoms with Gasteiger partial charge in [0.2, 0.25) is 0 Å². The highest BCUT2D eigenvalue weighted by Gasteiger charge is 2.27. The third-order valence-corrected chi connectivity index (χ3v) is 2.64. The van der Waals surface area contributed by atoms with Crippen LogP contribution in [0.5, 0.6) is 0 Å². The topological polar surface area (TPSA) is 78.9 Å². The van der Waals surface area contributed by atoms with Gasteiger partial charge in [-0.1, -0.05) is 6.92 Å². The Morgan fingerprint density at radius 3 is 2.39 bits per heavy atom. The van der Waals surface area contributed by atoms with E-state index in [4.69, 9.17) is 9.84 Å². The molecule has 106 valence electrons. The Bertz CT molecular complexity index is 292. The number of hydrogen-bond acceptors (Lipinski definition) is 3. The number of urea groups is 1. The van der Waals surface area contributed by atoms with E-state index in [2.05, 4.69) is 5.32 Å². The van der Waals surface area contributed by atoms with Crippen molar-refractivity contribution in [1.29, 1.82) is 0 Å². The summed E-state index contributed by atoms with van der Waals surface area (Å²) < 4.78 is 5.01. The highest BCUT2D eigenvalue weighted by molar-refractivity contribution is 5.80. The van der Waals surface area contributed by atoms with Gasteiger partial charge >= 0.3 is 12.0 Å². The van der Waals surface area contributed by atoms with E-state index in [0.29, 0.717) is 13.0 Å². The molecule has 18 heavy (non-hydrogen) atoms. The zero-order valence-corrected chi connectivity index (χ0v) is 11.8. The SMILES string of the molecule is CCC(C)N(CC(=O)O)C(=O)NC(C)(C)COC. The van der Waals surface area contributed by atoms with Crippen LogP contribution >= 0.6 is 0 Å². The standard InChI is InChI=1S/C12H24N2O4/c1-6-9(2)14(7-10(15)16)11(17)13-12(3,4)8-18-5/h9H,6-8H2,1-5H3,(H,13,17)(H,15,16). The molecule has 0 spiro atoms. The number of nitrogens with zero attached hydrogens (tertiary/aromatic N) is 1. The Morgan fingerprint density at radius 1 is 1.44 bits per heavy atom. The molecule has 0 aliphatic carbocycles. The van der Waals surface area contributed by atoms with Crippen molar-refractivity contribution in [2.45, 2.75) is 45.7 Å². The maximum absolute atomic E-state index is 12.1. The number of methoxy groups -OCH3 is 1. The highest BCUT2D eigenvalue weighted by atomic mass is 16.5. The van der Waals surface area contributed by atoms with Crippen LogP contribution in [0.4, 0.5) is 4.79 Å². The molecule has 0 aromatic rings. The summed E-state index contributed by atoms with van der Waals surface area (Å²) in [6, 6.07) is -0.506. The van der Waals surface area contributed by atoms with E-state index in [1.165, 1.54) is 4.90 Å². The minimum absolute atomic E-state index is 0.126. The van der Waals surface area contributed by atoms with Crippen molar-refractivity contribution in [3.63, 3.8) is 0 Å². The first-order valence-corrected chi connectivity index (χ1v) is 6.03. The van der Waals surface area contributed by atoms with Gasteiger partial charge < -0.3 is 20.1 Å². The Balaban J connectivity index is 4.70. The number of amides is 2. The Morgan fingerprint density at radius 2 is 2.00 bits per heavy atom. The predicted octanol–water partition coefficient (Wildman–Crippen LogP) is 1.31. The fourth-order valence-corrected chi connectivity index (χ4v) is 1.55. The van der Waals surface area contributed by atoms with Gasteiger partial charge in [0.1, 0.15) is 6.54 Å². The van der Waals surface area contributed by atoms with Gasteiger partial charge in [-0.2, -0.15) is 0 Å². The quantitative estimate of drug-likeness (QED) is 0.723. The molecule has 2 N–H and O–H groups in total. The largest absolute Gasteiger partial charge is 0.480 e. The van der Waals surface area contributed by atoms with Crippen LogP contribution in [0.25, 0.3) is 0 Å². The van der Waals surface area contributed by atoms with Crippen molar-refractivity contribution >= 4 is 12.0 Å². The van der Waals surface area contributed by atoms with Crippen LogP contribution in [0.3, 0.4) is 0 Å². The minimum Gasteiger partial charge on any atom is -0.480 e. The van der Waals surface area contributed by atoms with Crippen LogP contribution < -0.4 is 5.32 Å². The molecule has 1 unspecified atom stereocenters. The van der Waals surface area contributed by atoms with E-state index in [0.717, 1.165) is 0 Å². The van der Waals surface area contributed by atoms with Crippen molar-refractivity contribution in [3.05, 3.63) is 0 Å². The van der Waals surface area contributed by atoms with Crippen molar-refractivity contribution in [1.82, 2.24) is 10.2 Å². The predicted molar refractivity (Wildman–Crippen MR) is 68.6 cm³/mol. The summed E-state index contributed by atoms with van der Waals surface area (Å²) in [6.07, 6.45) is 0.700. The lowest BCUT2D eigenvalue weighted by Gasteiger charge is -2.32. The van der Waals surface area contributed by atoms with E-state index >= 15 is 0 Å². The molecule has 0 rings (SSSR count). The molecule has 0 radical (unpaired) electrons. The molecule has 0 fully saturated rings. The molecule has 0 aliphatic rings. The molecule has 2 amide bonds. The Labute approximate surface area is 108 Å². The van der Waals surface area contributed by atoms with E-state index in [-0.39, 0.29) is 18.6 Å². The molecule has 6 nitrogen and oxygen atoms in total. The van der Waals surface area contributed by atoms with Crippen LogP contribution in [0.1, 0.15) is 34.1 Å². The summed E-state index contributed by atoms with van der Waals surface area (Å²) >= 11 is 0. The lowest BCUT2D eigenvalue weighted by molar-refractivity contribution is -0.138. The number of nitrogens with one attached hydrogen (secondary N) is 1. The lowest BCUT2D eigenvalue weighted by atomic mass is 10.1. The number of carbonyl (C=O) groups excluding carboxylic acids is 1. The molecule has 0 saturated heterocycles. The molecular weight excluding hydrogens is 236 g/mol. The first-order chi connectivity index (χ1) is 8.23. The normalized spacial score (nSPS) is 12.9. The average Bonchev–Trinajstić information content (AvgIpc) is 2.23. The summed E-state index contributed by atoms with van der Waals surface area (Å²) in [5.41, 5.74) is -0.532. The number of carboxylic acid groups (broad SMARTS) is 1. The number of carboxylic acids is 1. The first kappa shape index (κ1) is 16.7. The maximum atomic E-state index is 12.1. The molecule has 0 aromatic carbocycles. The van der Waals surface area contributed by atoms with Crippen LogP contribution in [0.2, 0.25) is 0 Å². The Kier molecular flexibility index (Phi) is 6.68. The van der Waals surface area contributed by atoms with Gasteiger partial charge in [-0.15, -0.1) is 0 Å². The van der Waals surface area contributed by atoms with Crippen molar-refractivity contribution < 1.29 is 19.4 Å². The molecule has 0 heterocycles. The number of ether oxygens (including phenoxy) is 1. The summed E-state index contributed by atoms with van der Waals surface area (Å²) in [6.45, 7) is 7.44. The van der Waals surface area contributed by atoms with E-state index in [9.17, 15) is 9.59 Å². The van der Waals surface area contributed by atoms with Crippen molar-refractivity contribution in [3.8, 4) is 0 Å². The van der Waals surface area contributed by atoms with E-state index in [1.54, 1.807) is 7.11 Å². The molecule has 0 aromatic heterocycles. The summed E-state index contributed by atoms with van der Waals surface area (Å²) in [5.74, 6) is -1.02. The van der Waals surface area contributed by atoms with Gasteiger partial charge in [0.25, 0.3) is 0 Å². The van der Waals surface area contributed by atoms with Crippen LogP contribution in [0.15, 0.2) is 0 Å². The molecule has 0 bridgehead atoms. The number of hydrogen-bond donors (Lipinski definition) is 2. The second-order valence-electron chi connectivity index (χ2n) is 5.03. The van der Waals surface area contributed by atoms with Gasteiger partial charge in [0.15, 0.2) is 0 Å². The van der Waals surface area contributed by atoms with Gasteiger partial charge in [-0.05, 0) is 27.2 Å². The fourth-order valence-electron chi connectivity index (χ4n) is 1.55. The smallest absolute Gasteiger partial charge is 0.323 e. The number of carbonyl (C=O) groups is 2. The van der Waals surface area contributed by atoms with Crippen molar-refractivity contribution in [2.75, 3.05) is 20.3 Å². The summed E-state index contributed by atoms with van der Waals surface area (Å²) in [4.78, 5) is 24.2. The van der Waals surface area contributed by atoms with Crippen LogP contribution in [-0.2, 0) is 9.53 Å². The fraction of sp³-hybridized carbons (Fsp3) is 0.833. The maximum Gasteiger partial charge on any atom is 0.323 e. The van der Waals surface area contributed by atoms with E-state index in [1.807, 2.05) is 27.7 Å². The van der Waals surface area contributed by atoms with Gasteiger partial charge in [-0.25, -0.2) is 4.79 Å². The van der Waals surface area contributed by atoms with Crippen LogP contribution in [-0.4, -0.2) is 53.8 Å². The number of aliphatic carboxylic acids is 1. The monoisotopic (exact) mass is 260 g/mol. The molecule has 0 aliphatic heterocycles. The Hall–Kier alpha value is -1.30. The van der Waals surface area contributed by atoms with Crippen LogP contribution in [0, 0.1) is 0 Å². The second-order valence-corrected chi connectivity index (χ2v) is 5.03. The number of rotatable bonds is 7. The first-order valence-electron chi connectivity index (χ1n) is 6.03. The zero-order chi connectivity index (χ0) is 14.3. The molecule has 0 saturated carbocycles. The summed E-state index contributed by atoms with van der Waals surface area (Å²) in [7, 11) is 1.55.